The Kier molecular flexibility index (Phi) is 7.39. The van der Waals surface area contributed by atoms with Crippen molar-refractivity contribution in [2.45, 2.75) is 31.7 Å². The molecule has 0 radical (unpaired) electrons. The lowest BCUT2D eigenvalue weighted by Gasteiger charge is -2.40. The standard InChI is InChI=1S/C21H30FN3O3/c1-28-15-10-23-20(26)19(16-4-2-3-5-16)24-11-13-25(14-12-24)21(27)17-6-8-18(22)9-7-17/h6-9,16,19H,2-5,10-15H2,1H3,(H,23,26)/t19-/m0/s1. The number of carbonyl (C=O) groups excluding carboxylic acids is 2. The van der Waals surface area contributed by atoms with E-state index in [-0.39, 0.29) is 23.7 Å². The van der Waals surface area contributed by atoms with Crippen LogP contribution in [0, 0.1) is 11.7 Å². The van der Waals surface area contributed by atoms with Crippen molar-refractivity contribution >= 4 is 11.8 Å². The summed E-state index contributed by atoms with van der Waals surface area (Å²) in [5.74, 6) is 0.0195. The van der Waals surface area contributed by atoms with Crippen molar-refractivity contribution in [3.63, 3.8) is 0 Å². The third-order valence-corrected chi connectivity index (χ3v) is 5.81. The van der Waals surface area contributed by atoms with Gasteiger partial charge >= 0.3 is 0 Å². The number of amides is 2. The van der Waals surface area contributed by atoms with Gasteiger partial charge in [0.15, 0.2) is 0 Å². The number of hydrogen-bond acceptors (Lipinski definition) is 4. The van der Waals surface area contributed by atoms with E-state index in [0.717, 1.165) is 12.8 Å². The van der Waals surface area contributed by atoms with Gasteiger partial charge in [0.05, 0.1) is 12.6 Å². The molecule has 7 heteroatoms. The number of methoxy groups -OCH3 is 1. The predicted octanol–water partition coefficient (Wildman–Crippen LogP) is 1.90. The van der Waals surface area contributed by atoms with E-state index < -0.39 is 0 Å². The topological polar surface area (TPSA) is 61.9 Å². The lowest BCUT2D eigenvalue weighted by Crippen LogP contribution is -2.58. The fourth-order valence-electron chi connectivity index (χ4n) is 4.31. The summed E-state index contributed by atoms with van der Waals surface area (Å²) in [6.07, 6.45) is 4.51. The van der Waals surface area contributed by atoms with E-state index in [4.69, 9.17) is 4.74 Å². The number of ether oxygens (including phenoxy) is 1. The van der Waals surface area contributed by atoms with Gasteiger partial charge in [0.1, 0.15) is 5.82 Å². The SMILES string of the molecule is COCCNC(=O)[C@H](C1CCCC1)N1CCN(C(=O)c2ccc(F)cc2)CC1. The van der Waals surface area contributed by atoms with Crippen LogP contribution in [0.3, 0.4) is 0 Å². The molecule has 1 saturated heterocycles. The largest absolute Gasteiger partial charge is 0.383 e. The Morgan fingerprint density at radius 3 is 2.39 bits per heavy atom. The number of nitrogens with one attached hydrogen (secondary N) is 1. The zero-order valence-electron chi connectivity index (χ0n) is 16.5. The number of rotatable bonds is 7. The lowest BCUT2D eigenvalue weighted by atomic mass is 9.95. The number of benzene rings is 1. The molecular formula is C21H30FN3O3. The second-order valence-corrected chi connectivity index (χ2v) is 7.61. The van der Waals surface area contributed by atoms with Gasteiger partial charge in [0, 0.05) is 45.4 Å². The maximum atomic E-state index is 13.1. The van der Waals surface area contributed by atoms with Crippen LogP contribution in [-0.2, 0) is 9.53 Å². The van der Waals surface area contributed by atoms with E-state index in [1.54, 1.807) is 12.0 Å². The van der Waals surface area contributed by atoms with Gasteiger partial charge < -0.3 is 15.0 Å². The Balaban J connectivity index is 1.60. The first-order valence-electron chi connectivity index (χ1n) is 10.2. The maximum absolute atomic E-state index is 13.1. The first-order valence-corrected chi connectivity index (χ1v) is 10.2. The molecule has 1 heterocycles. The molecule has 1 aromatic carbocycles. The number of nitrogens with zero attached hydrogens (tertiary/aromatic N) is 2. The Bertz CT molecular complexity index is 653. The van der Waals surface area contributed by atoms with Crippen molar-refractivity contribution in [3.05, 3.63) is 35.6 Å². The van der Waals surface area contributed by atoms with Gasteiger partial charge in [-0.3, -0.25) is 14.5 Å². The van der Waals surface area contributed by atoms with Crippen molar-refractivity contribution in [1.29, 1.82) is 0 Å². The van der Waals surface area contributed by atoms with Gasteiger partial charge in [-0.15, -0.1) is 0 Å². The molecular weight excluding hydrogens is 361 g/mol. The smallest absolute Gasteiger partial charge is 0.253 e. The third-order valence-electron chi connectivity index (χ3n) is 5.81. The average Bonchev–Trinajstić information content (AvgIpc) is 3.23. The molecule has 0 unspecified atom stereocenters. The van der Waals surface area contributed by atoms with Crippen molar-refractivity contribution in [2.75, 3.05) is 46.4 Å². The summed E-state index contributed by atoms with van der Waals surface area (Å²) in [5, 5.41) is 3.00. The monoisotopic (exact) mass is 391 g/mol. The molecule has 0 aromatic heterocycles. The van der Waals surface area contributed by atoms with Gasteiger partial charge in [0.25, 0.3) is 5.91 Å². The van der Waals surface area contributed by atoms with Crippen LogP contribution in [0.2, 0.25) is 0 Å². The van der Waals surface area contributed by atoms with Crippen molar-refractivity contribution in [3.8, 4) is 0 Å². The summed E-state index contributed by atoms with van der Waals surface area (Å²) >= 11 is 0. The molecule has 1 N–H and O–H groups in total. The summed E-state index contributed by atoms with van der Waals surface area (Å²) in [6, 6.07) is 5.53. The Hall–Kier alpha value is -1.99. The highest BCUT2D eigenvalue weighted by molar-refractivity contribution is 5.94. The molecule has 0 spiro atoms. The van der Waals surface area contributed by atoms with Gasteiger partial charge in [-0.25, -0.2) is 4.39 Å². The minimum absolute atomic E-state index is 0.0715. The van der Waals surface area contributed by atoms with E-state index in [1.165, 1.54) is 37.1 Å². The quantitative estimate of drug-likeness (QED) is 0.722. The molecule has 1 aromatic rings. The zero-order valence-corrected chi connectivity index (χ0v) is 16.5. The Morgan fingerprint density at radius 2 is 1.79 bits per heavy atom. The Labute approximate surface area is 166 Å². The molecule has 2 amide bonds. The summed E-state index contributed by atoms with van der Waals surface area (Å²) in [6.45, 7) is 3.51. The summed E-state index contributed by atoms with van der Waals surface area (Å²) < 4.78 is 18.1. The number of hydrogen-bond donors (Lipinski definition) is 1. The van der Waals surface area contributed by atoms with Crippen molar-refractivity contribution in [2.24, 2.45) is 5.92 Å². The van der Waals surface area contributed by atoms with Crippen LogP contribution in [0.5, 0.6) is 0 Å². The average molecular weight is 391 g/mol. The second-order valence-electron chi connectivity index (χ2n) is 7.61. The fraction of sp³-hybridized carbons (Fsp3) is 0.619. The molecule has 2 fully saturated rings. The van der Waals surface area contributed by atoms with Crippen LogP contribution in [-0.4, -0.2) is 74.1 Å². The number of piperazine rings is 1. The molecule has 154 valence electrons. The summed E-state index contributed by atoms with van der Waals surface area (Å²) in [4.78, 5) is 29.5. The molecule has 0 bridgehead atoms. The molecule has 1 atom stereocenters. The lowest BCUT2D eigenvalue weighted by molar-refractivity contribution is -0.129. The van der Waals surface area contributed by atoms with E-state index >= 15 is 0 Å². The second kappa shape index (κ2) is 9.98. The molecule has 2 aliphatic rings. The van der Waals surface area contributed by atoms with Crippen LogP contribution in [0.4, 0.5) is 4.39 Å². The molecule has 1 aliphatic carbocycles. The number of carbonyl (C=O) groups is 2. The normalized spacial score (nSPS) is 19.6. The molecule has 6 nitrogen and oxygen atoms in total. The predicted molar refractivity (Wildman–Crippen MR) is 105 cm³/mol. The van der Waals surface area contributed by atoms with Crippen LogP contribution < -0.4 is 5.32 Å². The Morgan fingerprint density at radius 1 is 1.14 bits per heavy atom. The zero-order chi connectivity index (χ0) is 19.9. The highest BCUT2D eigenvalue weighted by Crippen LogP contribution is 2.31. The van der Waals surface area contributed by atoms with E-state index in [0.29, 0.717) is 50.8 Å². The van der Waals surface area contributed by atoms with Gasteiger partial charge in [-0.2, -0.15) is 0 Å². The number of halogens is 1. The molecule has 28 heavy (non-hydrogen) atoms. The van der Waals surface area contributed by atoms with Gasteiger partial charge in [-0.05, 0) is 43.0 Å². The van der Waals surface area contributed by atoms with Crippen molar-refractivity contribution in [1.82, 2.24) is 15.1 Å². The van der Waals surface area contributed by atoms with Crippen LogP contribution in [0.1, 0.15) is 36.0 Å². The van der Waals surface area contributed by atoms with Crippen LogP contribution in [0.25, 0.3) is 0 Å². The fourth-order valence-corrected chi connectivity index (χ4v) is 4.31. The van der Waals surface area contributed by atoms with E-state index in [9.17, 15) is 14.0 Å². The molecule has 1 saturated carbocycles. The summed E-state index contributed by atoms with van der Waals surface area (Å²) in [5.41, 5.74) is 0.500. The first-order chi connectivity index (χ1) is 13.6. The summed E-state index contributed by atoms with van der Waals surface area (Å²) in [7, 11) is 1.62. The van der Waals surface area contributed by atoms with Crippen molar-refractivity contribution < 1.29 is 18.7 Å². The minimum atomic E-state index is -0.347. The van der Waals surface area contributed by atoms with E-state index in [2.05, 4.69) is 10.2 Å². The minimum Gasteiger partial charge on any atom is -0.383 e. The highest BCUT2D eigenvalue weighted by atomic mass is 19.1. The maximum Gasteiger partial charge on any atom is 0.253 e. The molecule has 1 aliphatic heterocycles. The van der Waals surface area contributed by atoms with Gasteiger partial charge in [-0.1, -0.05) is 12.8 Å². The first kappa shape index (κ1) is 20.7. The highest BCUT2D eigenvalue weighted by Gasteiger charge is 2.37. The third kappa shape index (κ3) is 5.08. The van der Waals surface area contributed by atoms with Crippen LogP contribution >= 0.6 is 0 Å². The van der Waals surface area contributed by atoms with E-state index in [1.807, 2.05) is 0 Å². The van der Waals surface area contributed by atoms with Gasteiger partial charge in [0.2, 0.25) is 5.91 Å². The molecule has 3 rings (SSSR count). The van der Waals surface area contributed by atoms with Crippen LogP contribution in [0.15, 0.2) is 24.3 Å².